The molecule has 0 unspecified atom stereocenters. The van der Waals surface area contributed by atoms with E-state index in [1.165, 1.54) is 6.07 Å². The van der Waals surface area contributed by atoms with Gasteiger partial charge in [0, 0.05) is 10.9 Å². The number of hydrogen-bond acceptors (Lipinski definition) is 4. The molecule has 0 amide bonds. The molecule has 3 heterocycles. The summed E-state index contributed by atoms with van der Waals surface area (Å²) in [4.78, 5) is 21.9. The molecular weight excluding hydrogens is 290 g/mol. The van der Waals surface area contributed by atoms with E-state index in [-0.39, 0.29) is 11.3 Å². The molecule has 0 radical (unpaired) electrons. The van der Waals surface area contributed by atoms with E-state index in [0.717, 1.165) is 16.5 Å². The van der Waals surface area contributed by atoms with Gasteiger partial charge in [-0.05, 0) is 24.3 Å². The molecule has 5 rings (SSSR count). The maximum Gasteiger partial charge on any atom is 0.262 e. The summed E-state index contributed by atoms with van der Waals surface area (Å²) in [5.41, 5.74) is 2.73. The van der Waals surface area contributed by atoms with Crippen molar-refractivity contribution in [2.45, 2.75) is 6.54 Å². The Morgan fingerprint density at radius 3 is 2.83 bits per heavy atom. The van der Waals surface area contributed by atoms with Crippen LogP contribution in [-0.2, 0) is 6.54 Å². The van der Waals surface area contributed by atoms with Gasteiger partial charge >= 0.3 is 0 Å². The fraction of sp³-hybridized carbons (Fsp3) is 0.0556. The van der Waals surface area contributed by atoms with Crippen molar-refractivity contribution in [1.82, 2.24) is 14.5 Å². The maximum absolute atomic E-state index is 12.7. The summed E-state index contributed by atoms with van der Waals surface area (Å²) in [5, 5.41) is 11.5. The molecular formula is C18H11N3O2. The van der Waals surface area contributed by atoms with Gasteiger partial charge in [-0.1, -0.05) is 24.3 Å². The highest BCUT2D eigenvalue weighted by Gasteiger charge is 2.25. The van der Waals surface area contributed by atoms with Crippen LogP contribution in [0.1, 0.15) is 5.56 Å². The minimum Gasteiger partial charge on any atom is -0.506 e. The molecule has 0 aliphatic carbocycles. The fourth-order valence-electron chi connectivity index (χ4n) is 3.20. The zero-order valence-electron chi connectivity index (χ0n) is 12.0. The topological polar surface area (TPSA) is 68.0 Å². The van der Waals surface area contributed by atoms with E-state index in [1.807, 2.05) is 24.3 Å². The number of aromatic nitrogens is 3. The standard InChI is InChI=1S/C18H11N3O2/c22-14-7-3-5-12-16(14)20-17-15-11(9-21(17)18(12)23)8-10-4-1-2-6-13(10)19-15/h1-8,22H,9H2. The van der Waals surface area contributed by atoms with Gasteiger partial charge in [0.1, 0.15) is 17.0 Å². The minimum absolute atomic E-state index is 0.0113. The third kappa shape index (κ3) is 1.59. The van der Waals surface area contributed by atoms with Crippen LogP contribution in [0.4, 0.5) is 0 Å². The van der Waals surface area contributed by atoms with Crippen LogP contribution in [0.3, 0.4) is 0 Å². The van der Waals surface area contributed by atoms with E-state index in [1.54, 1.807) is 16.7 Å². The van der Waals surface area contributed by atoms with Crippen molar-refractivity contribution in [1.29, 1.82) is 0 Å². The molecule has 0 spiro atoms. The molecule has 0 bridgehead atoms. The lowest BCUT2D eigenvalue weighted by Crippen LogP contribution is -2.20. The van der Waals surface area contributed by atoms with Crippen LogP contribution in [0, 0.1) is 0 Å². The summed E-state index contributed by atoms with van der Waals surface area (Å²) in [6.07, 6.45) is 0. The summed E-state index contributed by atoms with van der Waals surface area (Å²) in [5.74, 6) is 0.530. The van der Waals surface area contributed by atoms with E-state index in [2.05, 4.69) is 16.0 Å². The average Bonchev–Trinajstić information content (AvgIpc) is 2.92. The van der Waals surface area contributed by atoms with E-state index in [9.17, 15) is 9.90 Å². The lowest BCUT2D eigenvalue weighted by atomic mass is 10.1. The van der Waals surface area contributed by atoms with Crippen molar-refractivity contribution < 1.29 is 5.11 Å². The lowest BCUT2D eigenvalue weighted by Gasteiger charge is -2.05. The molecule has 2 aromatic carbocycles. The molecule has 0 fully saturated rings. The molecule has 1 aliphatic heterocycles. The Kier molecular flexibility index (Phi) is 2.24. The van der Waals surface area contributed by atoms with Crippen LogP contribution in [0.5, 0.6) is 5.75 Å². The second-order valence-electron chi connectivity index (χ2n) is 5.69. The highest BCUT2D eigenvalue weighted by atomic mass is 16.3. The first-order chi connectivity index (χ1) is 11.2. The molecule has 2 aromatic heterocycles. The summed E-state index contributed by atoms with van der Waals surface area (Å²) in [7, 11) is 0. The second-order valence-corrected chi connectivity index (χ2v) is 5.69. The molecule has 0 saturated heterocycles. The molecule has 5 heteroatoms. The highest BCUT2D eigenvalue weighted by Crippen LogP contribution is 2.32. The Hall–Kier alpha value is -3.21. The van der Waals surface area contributed by atoms with Crippen LogP contribution < -0.4 is 5.56 Å². The normalized spacial score (nSPS) is 12.5. The van der Waals surface area contributed by atoms with Crippen molar-refractivity contribution >= 4 is 21.8 Å². The second kappa shape index (κ2) is 4.16. The zero-order valence-corrected chi connectivity index (χ0v) is 12.0. The number of benzene rings is 2. The van der Waals surface area contributed by atoms with Crippen LogP contribution in [0.2, 0.25) is 0 Å². The van der Waals surface area contributed by atoms with Gasteiger partial charge in [-0.2, -0.15) is 0 Å². The largest absolute Gasteiger partial charge is 0.506 e. The number of hydrogen-bond donors (Lipinski definition) is 1. The van der Waals surface area contributed by atoms with Gasteiger partial charge in [0.15, 0.2) is 5.82 Å². The van der Waals surface area contributed by atoms with Crippen molar-refractivity contribution in [2.24, 2.45) is 0 Å². The Bertz CT molecular complexity index is 1180. The van der Waals surface area contributed by atoms with Crippen molar-refractivity contribution in [3.8, 4) is 17.3 Å². The number of aromatic hydroxyl groups is 1. The van der Waals surface area contributed by atoms with Crippen LogP contribution in [0.25, 0.3) is 33.3 Å². The van der Waals surface area contributed by atoms with E-state index in [4.69, 9.17) is 0 Å². The summed E-state index contributed by atoms with van der Waals surface area (Å²) in [6.45, 7) is 0.458. The Balaban J connectivity index is 1.90. The molecule has 1 N–H and O–H groups in total. The Morgan fingerprint density at radius 2 is 1.91 bits per heavy atom. The van der Waals surface area contributed by atoms with Crippen LogP contribution >= 0.6 is 0 Å². The fourth-order valence-corrected chi connectivity index (χ4v) is 3.20. The van der Waals surface area contributed by atoms with Gasteiger partial charge in [0.2, 0.25) is 0 Å². The molecule has 5 nitrogen and oxygen atoms in total. The number of para-hydroxylation sites is 2. The average molecular weight is 301 g/mol. The molecule has 23 heavy (non-hydrogen) atoms. The zero-order chi connectivity index (χ0) is 15.6. The van der Waals surface area contributed by atoms with Gasteiger partial charge in [-0.15, -0.1) is 0 Å². The molecule has 1 aliphatic rings. The molecule has 0 saturated carbocycles. The summed E-state index contributed by atoms with van der Waals surface area (Å²) >= 11 is 0. The lowest BCUT2D eigenvalue weighted by molar-refractivity contribution is 0.480. The van der Waals surface area contributed by atoms with E-state index < -0.39 is 0 Å². The highest BCUT2D eigenvalue weighted by molar-refractivity contribution is 5.87. The van der Waals surface area contributed by atoms with Crippen molar-refractivity contribution in [3.63, 3.8) is 0 Å². The first-order valence-corrected chi connectivity index (χ1v) is 7.34. The van der Waals surface area contributed by atoms with Gasteiger partial charge in [0.25, 0.3) is 5.56 Å². The SMILES string of the molecule is O=c1c2cccc(O)c2nc2n1Cc1cc3ccccc3nc1-2. The first kappa shape index (κ1) is 12.3. The smallest absolute Gasteiger partial charge is 0.262 e. The van der Waals surface area contributed by atoms with Crippen LogP contribution in [-0.4, -0.2) is 19.6 Å². The van der Waals surface area contributed by atoms with Gasteiger partial charge in [0.05, 0.1) is 17.4 Å². The number of phenols is 1. The van der Waals surface area contributed by atoms with Crippen molar-refractivity contribution in [3.05, 3.63) is 64.4 Å². The summed E-state index contributed by atoms with van der Waals surface area (Å²) in [6, 6.07) is 14.8. The van der Waals surface area contributed by atoms with Gasteiger partial charge in [-0.25, -0.2) is 9.97 Å². The number of phenolic OH excluding ortho intramolecular Hbond substituents is 1. The third-order valence-electron chi connectivity index (χ3n) is 4.31. The monoisotopic (exact) mass is 301 g/mol. The van der Waals surface area contributed by atoms with E-state index >= 15 is 0 Å². The Morgan fingerprint density at radius 1 is 1.04 bits per heavy atom. The predicted molar refractivity (Wildman–Crippen MR) is 87.5 cm³/mol. The summed E-state index contributed by atoms with van der Waals surface area (Å²) < 4.78 is 1.62. The number of rotatable bonds is 0. The molecule has 110 valence electrons. The first-order valence-electron chi connectivity index (χ1n) is 7.34. The molecule has 4 aromatic rings. The number of fused-ring (bicyclic) bond motifs is 5. The van der Waals surface area contributed by atoms with Crippen LogP contribution in [0.15, 0.2) is 53.3 Å². The van der Waals surface area contributed by atoms with Gasteiger partial charge < -0.3 is 5.11 Å². The van der Waals surface area contributed by atoms with Gasteiger partial charge in [-0.3, -0.25) is 9.36 Å². The van der Waals surface area contributed by atoms with E-state index in [0.29, 0.717) is 29.0 Å². The number of pyridine rings is 1. The maximum atomic E-state index is 12.7. The minimum atomic E-state index is -0.150. The Labute approximate surface area is 130 Å². The molecule has 0 atom stereocenters. The number of nitrogens with zero attached hydrogens (tertiary/aromatic N) is 3. The quantitative estimate of drug-likeness (QED) is 0.477. The third-order valence-corrected chi connectivity index (χ3v) is 4.31. The predicted octanol–water partition coefficient (Wildman–Crippen LogP) is 2.68. The van der Waals surface area contributed by atoms with Crippen molar-refractivity contribution in [2.75, 3.05) is 0 Å².